The second kappa shape index (κ2) is 6.21. The van der Waals surface area contributed by atoms with Crippen LogP contribution in [0.5, 0.6) is 0 Å². The van der Waals surface area contributed by atoms with Gasteiger partial charge in [0.1, 0.15) is 0 Å². The van der Waals surface area contributed by atoms with E-state index in [0.717, 1.165) is 6.42 Å². The number of hydrogen-bond donors (Lipinski definition) is 3. The summed E-state index contributed by atoms with van der Waals surface area (Å²) in [5.41, 5.74) is 5.54. The maximum atomic E-state index is 11.7. The standard InChI is InChI=1S/C12H26N2O2/c1-6-8(2)9(15)7-14-11(16)10(13)12(3,4)5/h8-10,15H,6-7,13H2,1-5H3,(H,14,16)/t8?,9?,10-/m1/s1. The Morgan fingerprint density at radius 2 is 1.94 bits per heavy atom. The van der Waals surface area contributed by atoms with Gasteiger partial charge in [-0.3, -0.25) is 4.79 Å². The summed E-state index contributed by atoms with van der Waals surface area (Å²) in [6.07, 6.45) is 0.392. The normalized spacial score (nSPS) is 17.7. The number of hydrogen-bond acceptors (Lipinski definition) is 3. The molecule has 2 unspecified atom stereocenters. The Hall–Kier alpha value is -0.610. The molecule has 0 heterocycles. The monoisotopic (exact) mass is 230 g/mol. The fraction of sp³-hybridized carbons (Fsp3) is 0.917. The summed E-state index contributed by atoms with van der Waals surface area (Å²) in [6.45, 7) is 10.0. The highest BCUT2D eigenvalue weighted by atomic mass is 16.3. The molecule has 16 heavy (non-hydrogen) atoms. The quantitative estimate of drug-likeness (QED) is 0.656. The first-order valence-electron chi connectivity index (χ1n) is 5.91. The lowest BCUT2D eigenvalue weighted by molar-refractivity contribution is -0.125. The summed E-state index contributed by atoms with van der Waals surface area (Å²) in [6, 6.07) is -0.545. The molecule has 0 fully saturated rings. The molecule has 96 valence electrons. The predicted molar refractivity (Wildman–Crippen MR) is 65.9 cm³/mol. The number of nitrogens with two attached hydrogens (primary N) is 1. The highest BCUT2D eigenvalue weighted by molar-refractivity contribution is 5.82. The average molecular weight is 230 g/mol. The number of aliphatic hydroxyl groups excluding tert-OH is 1. The summed E-state index contributed by atoms with van der Waals surface area (Å²) >= 11 is 0. The molecule has 0 aromatic heterocycles. The van der Waals surface area contributed by atoms with Crippen LogP contribution in [0.1, 0.15) is 41.0 Å². The van der Waals surface area contributed by atoms with Crippen LogP contribution in [0.4, 0.5) is 0 Å². The second-order valence-corrected chi connectivity index (χ2v) is 5.54. The lowest BCUT2D eigenvalue weighted by atomic mass is 9.87. The molecule has 0 saturated heterocycles. The van der Waals surface area contributed by atoms with Crippen molar-refractivity contribution in [3.05, 3.63) is 0 Å². The van der Waals surface area contributed by atoms with E-state index in [-0.39, 0.29) is 23.8 Å². The van der Waals surface area contributed by atoms with Crippen LogP contribution in [0.25, 0.3) is 0 Å². The van der Waals surface area contributed by atoms with Crippen molar-refractivity contribution in [2.75, 3.05) is 6.54 Å². The van der Waals surface area contributed by atoms with E-state index in [4.69, 9.17) is 5.73 Å². The van der Waals surface area contributed by atoms with Crippen LogP contribution in [-0.2, 0) is 4.79 Å². The molecular weight excluding hydrogens is 204 g/mol. The van der Waals surface area contributed by atoms with Crippen LogP contribution >= 0.6 is 0 Å². The van der Waals surface area contributed by atoms with Crippen LogP contribution in [0.3, 0.4) is 0 Å². The van der Waals surface area contributed by atoms with Crippen molar-refractivity contribution >= 4 is 5.91 Å². The molecule has 0 aliphatic rings. The highest BCUT2D eigenvalue weighted by Crippen LogP contribution is 2.17. The summed E-state index contributed by atoms with van der Waals surface area (Å²) in [7, 11) is 0. The molecule has 0 aromatic rings. The van der Waals surface area contributed by atoms with E-state index in [2.05, 4.69) is 5.32 Å². The van der Waals surface area contributed by atoms with Crippen LogP contribution in [-0.4, -0.2) is 29.7 Å². The van der Waals surface area contributed by atoms with Crippen LogP contribution in [0, 0.1) is 11.3 Å². The summed E-state index contributed by atoms with van der Waals surface area (Å²) < 4.78 is 0. The lowest BCUT2D eigenvalue weighted by Gasteiger charge is -2.27. The minimum atomic E-state index is -0.545. The van der Waals surface area contributed by atoms with Gasteiger partial charge in [0.05, 0.1) is 12.1 Å². The van der Waals surface area contributed by atoms with E-state index in [1.807, 2.05) is 34.6 Å². The van der Waals surface area contributed by atoms with Gasteiger partial charge in [0.15, 0.2) is 0 Å². The summed E-state index contributed by atoms with van der Waals surface area (Å²) in [4.78, 5) is 11.7. The first-order chi connectivity index (χ1) is 7.20. The molecule has 0 bridgehead atoms. The van der Waals surface area contributed by atoms with E-state index in [1.54, 1.807) is 0 Å². The van der Waals surface area contributed by atoms with Gasteiger partial charge in [-0.2, -0.15) is 0 Å². The number of amides is 1. The third-order valence-corrected chi connectivity index (χ3v) is 3.00. The molecule has 0 aromatic carbocycles. The molecule has 4 heteroatoms. The van der Waals surface area contributed by atoms with Crippen LogP contribution in [0.2, 0.25) is 0 Å². The molecule has 0 rings (SSSR count). The van der Waals surface area contributed by atoms with Gasteiger partial charge in [0.2, 0.25) is 5.91 Å². The number of rotatable bonds is 5. The fourth-order valence-corrected chi connectivity index (χ4v) is 1.18. The molecule has 4 N–H and O–H groups in total. The molecule has 0 radical (unpaired) electrons. The van der Waals surface area contributed by atoms with E-state index < -0.39 is 12.1 Å². The SMILES string of the molecule is CCC(C)C(O)CNC(=O)[C@@H](N)C(C)(C)C. The number of carbonyl (C=O) groups is 1. The Bertz CT molecular complexity index is 224. The summed E-state index contributed by atoms with van der Waals surface area (Å²) in [5, 5.41) is 12.4. The third kappa shape index (κ3) is 4.94. The van der Waals surface area contributed by atoms with E-state index in [9.17, 15) is 9.90 Å². The summed E-state index contributed by atoms with van der Waals surface area (Å²) in [5.74, 6) is -0.0129. The van der Waals surface area contributed by atoms with E-state index in [1.165, 1.54) is 0 Å². The van der Waals surface area contributed by atoms with Gasteiger partial charge >= 0.3 is 0 Å². The number of aliphatic hydroxyl groups is 1. The Labute approximate surface area is 98.6 Å². The molecule has 1 amide bonds. The van der Waals surface area contributed by atoms with Gasteiger partial charge in [-0.25, -0.2) is 0 Å². The van der Waals surface area contributed by atoms with Crippen molar-refractivity contribution in [3.8, 4) is 0 Å². The second-order valence-electron chi connectivity index (χ2n) is 5.54. The minimum absolute atomic E-state index is 0.186. The topological polar surface area (TPSA) is 75.3 Å². The van der Waals surface area contributed by atoms with Crippen molar-refractivity contribution in [3.63, 3.8) is 0 Å². The molecule has 4 nitrogen and oxygen atoms in total. The zero-order valence-corrected chi connectivity index (χ0v) is 11.1. The molecule has 0 spiro atoms. The molecular formula is C12H26N2O2. The number of carbonyl (C=O) groups excluding carboxylic acids is 1. The van der Waals surface area contributed by atoms with Crippen molar-refractivity contribution < 1.29 is 9.90 Å². The zero-order valence-electron chi connectivity index (χ0n) is 11.1. The Morgan fingerprint density at radius 1 is 1.44 bits per heavy atom. The molecule has 0 aliphatic heterocycles. The van der Waals surface area contributed by atoms with Gasteiger partial charge in [-0.05, 0) is 11.3 Å². The van der Waals surface area contributed by atoms with Crippen molar-refractivity contribution in [2.45, 2.75) is 53.2 Å². The van der Waals surface area contributed by atoms with E-state index in [0.29, 0.717) is 0 Å². The van der Waals surface area contributed by atoms with Gasteiger partial charge in [0, 0.05) is 6.54 Å². The van der Waals surface area contributed by atoms with Gasteiger partial charge < -0.3 is 16.2 Å². The van der Waals surface area contributed by atoms with Crippen molar-refractivity contribution in [2.24, 2.45) is 17.1 Å². The minimum Gasteiger partial charge on any atom is -0.391 e. The van der Waals surface area contributed by atoms with Crippen LogP contribution in [0.15, 0.2) is 0 Å². The van der Waals surface area contributed by atoms with Gasteiger partial charge in [-0.15, -0.1) is 0 Å². The zero-order chi connectivity index (χ0) is 12.9. The Kier molecular flexibility index (Phi) is 5.97. The maximum Gasteiger partial charge on any atom is 0.237 e. The van der Waals surface area contributed by atoms with Crippen molar-refractivity contribution in [1.82, 2.24) is 5.32 Å². The maximum absolute atomic E-state index is 11.7. The highest BCUT2D eigenvalue weighted by Gasteiger charge is 2.27. The van der Waals surface area contributed by atoms with Crippen LogP contribution < -0.4 is 11.1 Å². The largest absolute Gasteiger partial charge is 0.391 e. The van der Waals surface area contributed by atoms with Crippen molar-refractivity contribution in [1.29, 1.82) is 0 Å². The Morgan fingerprint density at radius 3 is 2.31 bits per heavy atom. The van der Waals surface area contributed by atoms with Gasteiger partial charge in [0.25, 0.3) is 0 Å². The van der Waals surface area contributed by atoms with E-state index >= 15 is 0 Å². The first-order valence-corrected chi connectivity index (χ1v) is 5.91. The lowest BCUT2D eigenvalue weighted by Crippen LogP contribution is -2.50. The first kappa shape index (κ1) is 15.4. The van der Waals surface area contributed by atoms with Gasteiger partial charge in [-0.1, -0.05) is 41.0 Å². The molecule has 0 saturated carbocycles. The molecule has 0 aliphatic carbocycles. The molecule has 3 atom stereocenters. The Balaban J connectivity index is 4.08. The predicted octanol–water partition coefficient (Wildman–Crippen LogP) is 0.883. The smallest absolute Gasteiger partial charge is 0.237 e. The third-order valence-electron chi connectivity index (χ3n) is 3.00. The fourth-order valence-electron chi connectivity index (χ4n) is 1.18. The number of nitrogens with one attached hydrogen (secondary N) is 1. The average Bonchev–Trinajstić information content (AvgIpc) is 2.21.